The Morgan fingerprint density at radius 1 is 1.03 bits per heavy atom. The number of carbonyl (C=O) groups excluding carboxylic acids is 1. The number of nitrogens with zero attached hydrogens (tertiary/aromatic N) is 3. The molecule has 12 heteroatoms. The topological polar surface area (TPSA) is 143 Å². The number of ether oxygens (including phenoxy) is 1. The summed E-state index contributed by atoms with van der Waals surface area (Å²) >= 11 is 0. The van der Waals surface area contributed by atoms with Crippen LogP contribution in [0.5, 0.6) is 0 Å². The van der Waals surface area contributed by atoms with Gasteiger partial charge in [0.2, 0.25) is 0 Å². The van der Waals surface area contributed by atoms with Gasteiger partial charge in [-0.25, -0.2) is 17.9 Å². The first kappa shape index (κ1) is 25.4. The van der Waals surface area contributed by atoms with Crippen LogP contribution in [0.3, 0.4) is 0 Å². The Kier molecular flexibility index (Phi) is 6.94. The Morgan fingerprint density at radius 2 is 1.70 bits per heavy atom. The van der Waals surface area contributed by atoms with Crippen molar-refractivity contribution in [2.24, 2.45) is 7.05 Å². The summed E-state index contributed by atoms with van der Waals surface area (Å²) in [5.41, 5.74) is 0.725. The number of nitro groups is 1. The van der Waals surface area contributed by atoms with E-state index in [9.17, 15) is 28.1 Å². The number of para-hydroxylation sites is 1. The van der Waals surface area contributed by atoms with Crippen LogP contribution in [0.1, 0.15) is 21.6 Å². The summed E-state index contributed by atoms with van der Waals surface area (Å²) in [6.07, 6.45) is 0. The van der Waals surface area contributed by atoms with E-state index in [0.29, 0.717) is 16.9 Å². The van der Waals surface area contributed by atoms with Crippen LogP contribution < -0.4 is 10.3 Å². The first-order chi connectivity index (χ1) is 17.6. The fraction of sp³-hybridized carbons (Fsp3) is 0.120. The Hall–Kier alpha value is -4.71. The fourth-order valence-electron chi connectivity index (χ4n) is 3.62. The third-order valence-electron chi connectivity index (χ3n) is 5.69. The molecular weight excluding hydrogens is 500 g/mol. The van der Waals surface area contributed by atoms with Crippen molar-refractivity contribution in [2.45, 2.75) is 18.4 Å². The summed E-state index contributed by atoms with van der Waals surface area (Å²) in [7, 11) is -2.59. The Bertz CT molecular complexity index is 1640. The van der Waals surface area contributed by atoms with Gasteiger partial charge >= 0.3 is 5.97 Å². The van der Waals surface area contributed by atoms with E-state index >= 15 is 0 Å². The largest absolute Gasteiger partial charge is 0.457 e. The molecule has 1 heterocycles. The SMILES string of the molecule is Cc1c(NS(=O)(=O)c2cccc(C(=O)OCc3ccc([N+](=O)[O-])cc3)c2)c(=O)n(-c2ccccc2)n1C. The smallest absolute Gasteiger partial charge is 0.338 e. The lowest BCUT2D eigenvalue weighted by Gasteiger charge is -2.09. The van der Waals surface area contributed by atoms with E-state index in [2.05, 4.69) is 4.72 Å². The zero-order valence-electron chi connectivity index (χ0n) is 19.8. The summed E-state index contributed by atoms with van der Waals surface area (Å²) in [5, 5.41) is 10.8. The lowest BCUT2D eigenvalue weighted by molar-refractivity contribution is -0.384. The molecule has 4 rings (SSSR count). The number of esters is 1. The van der Waals surface area contributed by atoms with E-state index in [1.165, 1.54) is 47.1 Å². The maximum Gasteiger partial charge on any atom is 0.338 e. The molecule has 37 heavy (non-hydrogen) atoms. The second kappa shape index (κ2) is 10.1. The number of hydrogen-bond donors (Lipinski definition) is 1. The maximum absolute atomic E-state index is 13.1. The molecule has 0 saturated heterocycles. The van der Waals surface area contributed by atoms with Gasteiger partial charge in [-0.05, 0) is 55.0 Å². The molecule has 0 amide bonds. The summed E-state index contributed by atoms with van der Waals surface area (Å²) in [6.45, 7) is 1.46. The summed E-state index contributed by atoms with van der Waals surface area (Å²) in [5.74, 6) is -0.780. The lowest BCUT2D eigenvalue weighted by atomic mass is 10.2. The molecule has 1 N–H and O–H groups in total. The minimum Gasteiger partial charge on any atom is -0.457 e. The van der Waals surface area contributed by atoms with Gasteiger partial charge in [-0.15, -0.1) is 0 Å². The highest BCUT2D eigenvalue weighted by Crippen LogP contribution is 2.20. The number of rotatable bonds is 8. The number of carbonyl (C=O) groups is 1. The van der Waals surface area contributed by atoms with Gasteiger partial charge in [0.15, 0.2) is 0 Å². The lowest BCUT2D eigenvalue weighted by Crippen LogP contribution is -2.23. The van der Waals surface area contributed by atoms with Crippen molar-refractivity contribution in [1.29, 1.82) is 0 Å². The number of aromatic nitrogens is 2. The average Bonchev–Trinajstić information content (AvgIpc) is 3.10. The highest BCUT2D eigenvalue weighted by molar-refractivity contribution is 7.92. The minimum atomic E-state index is -4.23. The second-order valence-corrected chi connectivity index (χ2v) is 9.75. The number of nitrogens with one attached hydrogen (secondary N) is 1. The number of nitro benzene ring substituents is 1. The van der Waals surface area contributed by atoms with Crippen LogP contribution in [0, 0.1) is 17.0 Å². The molecule has 1 aromatic heterocycles. The predicted octanol–water partition coefficient (Wildman–Crippen LogP) is 3.55. The zero-order chi connectivity index (χ0) is 26.7. The van der Waals surface area contributed by atoms with Crippen molar-refractivity contribution in [3.8, 4) is 5.69 Å². The zero-order valence-corrected chi connectivity index (χ0v) is 20.6. The quantitative estimate of drug-likeness (QED) is 0.212. The Labute approximate surface area is 211 Å². The van der Waals surface area contributed by atoms with Gasteiger partial charge < -0.3 is 4.74 Å². The standard InChI is InChI=1S/C25H22N4O7S/c1-17-23(24(30)28(27(17)2)20-8-4-3-5-9-20)26-37(34,35)22-10-6-7-19(15-22)25(31)36-16-18-11-13-21(14-12-18)29(32)33/h3-15,26H,16H2,1-2H3. The first-order valence-electron chi connectivity index (χ1n) is 11.0. The van der Waals surface area contributed by atoms with Crippen molar-refractivity contribution in [3.63, 3.8) is 0 Å². The molecule has 0 unspecified atom stereocenters. The monoisotopic (exact) mass is 522 g/mol. The second-order valence-electron chi connectivity index (χ2n) is 8.07. The highest BCUT2D eigenvalue weighted by Gasteiger charge is 2.23. The van der Waals surface area contributed by atoms with Crippen LogP contribution in [0.2, 0.25) is 0 Å². The van der Waals surface area contributed by atoms with Gasteiger partial charge in [0, 0.05) is 19.2 Å². The van der Waals surface area contributed by atoms with Crippen LogP contribution >= 0.6 is 0 Å². The van der Waals surface area contributed by atoms with Crippen LogP contribution in [0.4, 0.5) is 11.4 Å². The van der Waals surface area contributed by atoms with E-state index in [1.54, 1.807) is 49.0 Å². The van der Waals surface area contributed by atoms with Crippen LogP contribution in [-0.4, -0.2) is 28.7 Å². The summed E-state index contributed by atoms with van der Waals surface area (Å²) in [4.78, 5) is 35.6. The predicted molar refractivity (Wildman–Crippen MR) is 135 cm³/mol. The van der Waals surface area contributed by atoms with E-state index < -0.39 is 26.5 Å². The molecule has 0 fully saturated rings. The molecule has 0 saturated carbocycles. The third-order valence-corrected chi connectivity index (χ3v) is 7.04. The van der Waals surface area contributed by atoms with Gasteiger partial charge in [-0.1, -0.05) is 24.3 Å². The number of benzene rings is 3. The molecule has 0 aliphatic carbocycles. The van der Waals surface area contributed by atoms with Crippen LogP contribution in [0.15, 0.2) is 88.6 Å². The van der Waals surface area contributed by atoms with E-state index in [1.807, 2.05) is 0 Å². The first-order valence-corrected chi connectivity index (χ1v) is 12.4. The average molecular weight is 523 g/mol. The Balaban J connectivity index is 1.54. The van der Waals surface area contributed by atoms with Gasteiger partial charge in [-0.2, -0.15) is 0 Å². The third kappa shape index (κ3) is 5.28. The van der Waals surface area contributed by atoms with Crippen LogP contribution in [-0.2, 0) is 28.4 Å². The molecule has 4 aromatic rings. The van der Waals surface area contributed by atoms with Crippen molar-refractivity contribution >= 4 is 27.4 Å². The fourth-order valence-corrected chi connectivity index (χ4v) is 4.78. The van der Waals surface area contributed by atoms with Gasteiger partial charge in [-0.3, -0.25) is 24.3 Å². The summed E-state index contributed by atoms with van der Waals surface area (Å²) < 4.78 is 36.7. The van der Waals surface area contributed by atoms with E-state index in [4.69, 9.17) is 4.74 Å². The number of anilines is 1. The maximum atomic E-state index is 13.1. The molecular formula is C25H22N4O7S. The summed E-state index contributed by atoms with van der Waals surface area (Å²) in [6, 6.07) is 19.5. The molecule has 0 radical (unpaired) electrons. The van der Waals surface area contributed by atoms with Crippen molar-refractivity contribution in [2.75, 3.05) is 4.72 Å². The van der Waals surface area contributed by atoms with Crippen molar-refractivity contribution < 1.29 is 22.9 Å². The van der Waals surface area contributed by atoms with E-state index in [0.717, 1.165) is 6.07 Å². The minimum absolute atomic E-state index is 0.0173. The number of non-ortho nitro benzene ring substituents is 1. The normalized spacial score (nSPS) is 11.2. The van der Waals surface area contributed by atoms with Crippen LogP contribution in [0.25, 0.3) is 5.69 Å². The Morgan fingerprint density at radius 3 is 2.35 bits per heavy atom. The van der Waals surface area contributed by atoms with Crippen molar-refractivity contribution in [3.05, 3.63) is 116 Å². The molecule has 0 aliphatic heterocycles. The van der Waals surface area contributed by atoms with Gasteiger partial charge in [0.05, 0.1) is 26.8 Å². The molecule has 0 atom stereocenters. The molecule has 190 valence electrons. The molecule has 3 aromatic carbocycles. The highest BCUT2D eigenvalue weighted by atomic mass is 32.2. The molecule has 0 aliphatic rings. The molecule has 0 bridgehead atoms. The number of sulfonamides is 1. The van der Waals surface area contributed by atoms with Gasteiger partial charge in [0.1, 0.15) is 12.3 Å². The molecule has 11 nitrogen and oxygen atoms in total. The number of hydrogen-bond acceptors (Lipinski definition) is 7. The molecule has 0 spiro atoms. The van der Waals surface area contributed by atoms with E-state index in [-0.39, 0.29) is 28.4 Å². The van der Waals surface area contributed by atoms with Gasteiger partial charge in [0.25, 0.3) is 21.3 Å². The van der Waals surface area contributed by atoms with Crippen molar-refractivity contribution in [1.82, 2.24) is 9.36 Å².